The van der Waals surface area contributed by atoms with Crippen LogP contribution >= 0.6 is 0 Å². The van der Waals surface area contributed by atoms with E-state index in [1.807, 2.05) is 21.8 Å². The molecule has 1 aliphatic rings. The van der Waals surface area contributed by atoms with E-state index in [4.69, 9.17) is 10.2 Å². The van der Waals surface area contributed by atoms with Gasteiger partial charge in [-0.05, 0) is 41.8 Å². The fourth-order valence-electron chi connectivity index (χ4n) is 3.57. The Morgan fingerprint density at radius 3 is 1.68 bits per heavy atom. The van der Waals surface area contributed by atoms with Crippen molar-refractivity contribution in [3.05, 3.63) is 95.6 Å². The molecule has 4 aromatic rings. The fourth-order valence-corrected chi connectivity index (χ4v) is 3.57. The number of aryl methyl sites for hydroxylation is 2. The van der Waals surface area contributed by atoms with Gasteiger partial charge in [-0.3, -0.25) is 9.36 Å². The largest absolute Gasteiger partial charge is 2.00 e. The first-order valence-corrected chi connectivity index (χ1v) is 9.25. The Morgan fingerprint density at radius 2 is 1.21 bits per heavy atom. The molecular weight excluding hydrogens is 527 g/mol. The smallest absolute Gasteiger partial charge is 0.265 e. The predicted octanol–water partition coefficient (Wildman–Crippen LogP) is 4.08. The van der Waals surface area contributed by atoms with Gasteiger partial charge in [-0.15, -0.1) is 12.1 Å². The van der Waals surface area contributed by atoms with Crippen molar-refractivity contribution in [1.29, 1.82) is 0 Å². The van der Waals surface area contributed by atoms with E-state index >= 15 is 0 Å². The fraction of sp³-hybridized carbons (Fsp3) is 0.217. The molecule has 5 rings (SSSR count). The second-order valence-corrected chi connectivity index (χ2v) is 7.53. The van der Waals surface area contributed by atoms with Crippen LogP contribution in [0, 0.1) is 12.1 Å². The van der Waals surface area contributed by atoms with E-state index in [-0.39, 0.29) is 26.5 Å². The van der Waals surface area contributed by atoms with E-state index in [0.717, 1.165) is 46.7 Å². The van der Waals surface area contributed by atoms with Crippen molar-refractivity contribution in [3.63, 3.8) is 0 Å². The van der Waals surface area contributed by atoms with E-state index in [1.54, 1.807) is 0 Å². The molecule has 5 heteroatoms. The van der Waals surface area contributed by atoms with Crippen molar-refractivity contribution in [1.82, 2.24) is 19.6 Å². The zero-order valence-electron chi connectivity index (χ0n) is 15.8. The van der Waals surface area contributed by atoms with Crippen LogP contribution in [0.5, 0.6) is 0 Å². The van der Waals surface area contributed by atoms with Crippen LogP contribution in [-0.4, -0.2) is 19.6 Å². The molecule has 2 aromatic carbocycles. The molecule has 0 fully saturated rings. The topological polar surface area (TPSA) is 35.6 Å². The minimum atomic E-state index is -0.238. The molecule has 1 aliphatic heterocycles. The van der Waals surface area contributed by atoms with E-state index in [1.165, 1.54) is 0 Å². The van der Waals surface area contributed by atoms with Crippen LogP contribution in [0.25, 0.3) is 11.4 Å². The molecule has 28 heavy (non-hydrogen) atoms. The Hall–Kier alpha value is -2.45. The molecular formula is C23H20N4Pt. The first-order valence-electron chi connectivity index (χ1n) is 9.25. The van der Waals surface area contributed by atoms with E-state index < -0.39 is 0 Å². The zero-order valence-corrected chi connectivity index (χ0v) is 18.1. The third-order valence-corrected chi connectivity index (χ3v) is 5.33. The summed E-state index contributed by atoms with van der Waals surface area (Å²) < 4.78 is 3.82. The van der Waals surface area contributed by atoms with Crippen LogP contribution in [0.2, 0.25) is 0 Å². The van der Waals surface area contributed by atoms with Gasteiger partial charge in [0.05, 0.1) is 11.4 Å². The van der Waals surface area contributed by atoms with Crippen LogP contribution in [0.3, 0.4) is 0 Å². The Bertz CT molecular complexity index is 1040. The van der Waals surface area contributed by atoms with Crippen LogP contribution in [0.4, 0.5) is 0 Å². The summed E-state index contributed by atoms with van der Waals surface area (Å²) in [4.78, 5) is 0. The Labute approximate surface area is 179 Å². The van der Waals surface area contributed by atoms with Crippen molar-refractivity contribution in [3.8, 4) is 11.4 Å². The molecule has 0 amide bonds. The number of hydrogen-bond acceptors (Lipinski definition) is 2. The standard InChI is InChI=1S/C23H20N4.Pt/c1-23(2)17-5-3-7-21(15-17)26-13-11-19(24-26)9-10-20-12-14-27(25-20)22-8-4-6-18(23)16-22;/h3-8,11-14H,9-10H2,1-2H3;/q-2;+2. The van der Waals surface area contributed by atoms with Gasteiger partial charge < -0.3 is 0 Å². The molecule has 0 atom stereocenters. The van der Waals surface area contributed by atoms with Crippen molar-refractivity contribution in [2.45, 2.75) is 32.1 Å². The SMILES string of the molecule is CC1(C)c2[c-]c(ccc2)-n2ccc(n2)CCc2ccn(n2)-c2[c-]c1ccc2.[Pt+2]. The first-order chi connectivity index (χ1) is 13.1. The predicted molar refractivity (Wildman–Crippen MR) is 104 cm³/mol. The monoisotopic (exact) mass is 547 g/mol. The maximum atomic E-state index is 4.74. The third-order valence-electron chi connectivity index (χ3n) is 5.33. The molecule has 0 saturated carbocycles. The maximum Gasteiger partial charge on any atom is 2.00 e. The minimum Gasteiger partial charge on any atom is -0.265 e. The summed E-state index contributed by atoms with van der Waals surface area (Å²) in [6, 6.07) is 23.8. The molecule has 8 bridgehead atoms. The average Bonchev–Trinajstić information content (AvgIpc) is 3.36. The summed E-state index contributed by atoms with van der Waals surface area (Å²) in [5.74, 6) is 0. The summed E-state index contributed by atoms with van der Waals surface area (Å²) in [6.07, 6.45) is 5.74. The van der Waals surface area contributed by atoms with E-state index in [9.17, 15) is 0 Å². The van der Waals surface area contributed by atoms with Crippen LogP contribution in [0.1, 0.15) is 36.4 Å². The van der Waals surface area contributed by atoms with Crippen molar-refractivity contribution < 1.29 is 21.1 Å². The molecule has 142 valence electrons. The molecule has 0 saturated heterocycles. The maximum absolute atomic E-state index is 4.74. The Kier molecular flexibility index (Phi) is 4.84. The normalized spacial score (nSPS) is 14.5. The zero-order chi connectivity index (χ0) is 18.4. The molecule has 0 N–H and O–H groups in total. The molecule has 0 spiro atoms. The van der Waals surface area contributed by atoms with Gasteiger partial charge in [0.15, 0.2) is 0 Å². The number of hydrogen-bond donors (Lipinski definition) is 0. The van der Waals surface area contributed by atoms with Crippen molar-refractivity contribution in [2.75, 3.05) is 0 Å². The van der Waals surface area contributed by atoms with Gasteiger partial charge in [-0.25, -0.2) is 0 Å². The number of fused-ring (bicyclic) bond motifs is 10. The Balaban J connectivity index is 0.00000192. The Morgan fingerprint density at radius 1 is 0.750 bits per heavy atom. The molecule has 4 nitrogen and oxygen atoms in total. The molecule has 0 unspecified atom stereocenters. The van der Waals surface area contributed by atoms with Crippen molar-refractivity contribution >= 4 is 0 Å². The minimum absolute atomic E-state index is 0. The second-order valence-electron chi connectivity index (χ2n) is 7.53. The van der Waals surface area contributed by atoms with Gasteiger partial charge in [-0.2, -0.15) is 57.7 Å². The number of aromatic nitrogens is 4. The van der Waals surface area contributed by atoms with Gasteiger partial charge in [0, 0.05) is 12.4 Å². The number of nitrogens with zero attached hydrogens (tertiary/aromatic N) is 4. The second kappa shape index (κ2) is 7.18. The summed E-state index contributed by atoms with van der Waals surface area (Å²) in [5, 5.41) is 9.47. The number of benzene rings is 2. The molecule has 3 heterocycles. The van der Waals surface area contributed by atoms with Crippen LogP contribution in [0.15, 0.2) is 60.9 Å². The van der Waals surface area contributed by atoms with Crippen LogP contribution in [-0.2, 0) is 39.3 Å². The van der Waals surface area contributed by atoms with Crippen LogP contribution < -0.4 is 0 Å². The summed E-state index contributed by atoms with van der Waals surface area (Å²) in [5.41, 5.74) is 6.02. The third kappa shape index (κ3) is 3.27. The van der Waals surface area contributed by atoms with Gasteiger partial charge in [0.2, 0.25) is 0 Å². The summed E-state index contributed by atoms with van der Waals surface area (Å²) in [7, 11) is 0. The van der Waals surface area contributed by atoms with E-state index in [0.29, 0.717) is 0 Å². The summed E-state index contributed by atoms with van der Waals surface area (Å²) >= 11 is 0. The number of rotatable bonds is 0. The quantitative estimate of drug-likeness (QED) is 0.311. The first kappa shape index (κ1) is 18.9. The van der Waals surface area contributed by atoms with Gasteiger partial charge in [0.1, 0.15) is 0 Å². The average molecular weight is 548 g/mol. The van der Waals surface area contributed by atoms with Gasteiger partial charge >= 0.3 is 21.1 Å². The molecule has 0 aliphatic carbocycles. The van der Waals surface area contributed by atoms with Crippen molar-refractivity contribution in [2.24, 2.45) is 0 Å². The molecule has 2 aromatic heterocycles. The molecule has 0 radical (unpaired) electrons. The summed E-state index contributed by atoms with van der Waals surface area (Å²) in [6.45, 7) is 4.42. The van der Waals surface area contributed by atoms with E-state index in [2.05, 4.69) is 74.5 Å². The van der Waals surface area contributed by atoms with Gasteiger partial charge in [0.25, 0.3) is 0 Å². The van der Waals surface area contributed by atoms with Gasteiger partial charge in [-0.1, -0.05) is 13.8 Å².